The van der Waals surface area contributed by atoms with E-state index in [1.165, 1.54) is 13.8 Å². The molecule has 0 aromatic rings. The van der Waals surface area contributed by atoms with E-state index in [4.69, 9.17) is 5.11 Å². The summed E-state index contributed by atoms with van der Waals surface area (Å²) in [5.74, 6) is -1.71. The van der Waals surface area contributed by atoms with Crippen LogP contribution in [0.25, 0.3) is 0 Å². The van der Waals surface area contributed by atoms with Crippen molar-refractivity contribution in [2.75, 3.05) is 0 Å². The average molecular weight is 311 g/mol. The Bertz CT molecular complexity index is 134. The average Bonchev–Trinajstić information content (AvgIpc) is 1.63. The molecule has 0 saturated carbocycles. The maximum atomic E-state index is 10.1. The standard InChI is InChI=1S/C5H8O4.Hf/c1-3(5(7)8)9-4(2)6;/h3H,1-2H3,(H,7,8);. The molecule has 0 rings (SSSR count). The van der Waals surface area contributed by atoms with Crippen molar-refractivity contribution in [1.82, 2.24) is 0 Å². The number of rotatable bonds is 2. The van der Waals surface area contributed by atoms with Gasteiger partial charge in [0.1, 0.15) is 0 Å². The molecule has 0 aliphatic carbocycles. The summed E-state index contributed by atoms with van der Waals surface area (Å²) in [5.41, 5.74) is 0. The van der Waals surface area contributed by atoms with Gasteiger partial charge in [-0.1, -0.05) is 0 Å². The monoisotopic (exact) mass is 312 g/mol. The Balaban J connectivity index is 0. The van der Waals surface area contributed by atoms with E-state index in [0.717, 1.165) is 0 Å². The molecule has 0 aromatic carbocycles. The Hall–Kier alpha value is -0.190. The Kier molecular flexibility index (Phi) is 6.97. The van der Waals surface area contributed by atoms with Crippen molar-refractivity contribution >= 4 is 11.9 Å². The molecule has 0 aliphatic heterocycles. The first kappa shape index (κ1) is 12.5. The maximum absolute atomic E-state index is 10.1. The van der Waals surface area contributed by atoms with Gasteiger partial charge in [-0.25, -0.2) is 4.79 Å². The zero-order valence-electron chi connectivity index (χ0n) is 5.75. The number of aliphatic carboxylic acids is 1. The predicted octanol–water partition coefficient (Wildman–Crippen LogP) is 0.0201. The third-order valence-corrected chi connectivity index (χ3v) is 0.691. The summed E-state index contributed by atoms with van der Waals surface area (Å²) in [6, 6.07) is 0. The van der Waals surface area contributed by atoms with E-state index >= 15 is 0 Å². The van der Waals surface area contributed by atoms with Gasteiger partial charge < -0.3 is 9.84 Å². The molecule has 1 N–H and O–H groups in total. The van der Waals surface area contributed by atoms with Gasteiger partial charge in [0, 0.05) is 32.8 Å². The van der Waals surface area contributed by atoms with Gasteiger partial charge in [-0.15, -0.1) is 0 Å². The van der Waals surface area contributed by atoms with Crippen LogP contribution in [0.1, 0.15) is 13.8 Å². The summed E-state index contributed by atoms with van der Waals surface area (Å²) in [7, 11) is 0. The number of carboxylic acids is 1. The second-order valence-electron chi connectivity index (χ2n) is 1.59. The van der Waals surface area contributed by atoms with Crippen LogP contribution in [0.3, 0.4) is 0 Å². The van der Waals surface area contributed by atoms with Gasteiger partial charge in [0.05, 0.1) is 0 Å². The van der Waals surface area contributed by atoms with Crippen molar-refractivity contribution in [3.05, 3.63) is 0 Å². The number of hydrogen-bond acceptors (Lipinski definition) is 3. The first-order valence-corrected chi connectivity index (χ1v) is 2.44. The topological polar surface area (TPSA) is 63.6 Å². The first-order chi connectivity index (χ1) is 4.04. The predicted molar refractivity (Wildman–Crippen MR) is 28.9 cm³/mol. The Morgan fingerprint density at radius 1 is 1.50 bits per heavy atom. The Morgan fingerprint density at radius 2 is 1.90 bits per heavy atom. The van der Waals surface area contributed by atoms with Crippen LogP contribution in [-0.2, 0) is 40.2 Å². The van der Waals surface area contributed by atoms with E-state index < -0.39 is 18.0 Å². The largest absolute Gasteiger partial charge is 0.479 e. The summed E-state index contributed by atoms with van der Waals surface area (Å²) in [6.45, 7) is 2.46. The summed E-state index contributed by atoms with van der Waals surface area (Å²) < 4.78 is 4.27. The molecule has 0 fully saturated rings. The fourth-order valence-corrected chi connectivity index (χ4v) is 0.299. The van der Waals surface area contributed by atoms with E-state index in [1.54, 1.807) is 0 Å². The van der Waals surface area contributed by atoms with Gasteiger partial charge in [0.2, 0.25) is 0 Å². The SMILES string of the molecule is CC(=O)OC(C)C(=O)O.[Hf]. The minimum absolute atomic E-state index is 0. The number of carbonyl (C=O) groups is 2. The van der Waals surface area contributed by atoms with Crippen molar-refractivity contribution in [3.63, 3.8) is 0 Å². The number of carbonyl (C=O) groups excluding carboxylic acids is 1. The number of esters is 1. The molecule has 0 heterocycles. The molecule has 4 nitrogen and oxygen atoms in total. The maximum Gasteiger partial charge on any atom is 0.344 e. The number of ether oxygens (including phenoxy) is 1. The second-order valence-corrected chi connectivity index (χ2v) is 1.59. The van der Waals surface area contributed by atoms with Crippen molar-refractivity contribution < 1.29 is 45.3 Å². The van der Waals surface area contributed by atoms with E-state index in [9.17, 15) is 9.59 Å². The van der Waals surface area contributed by atoms with Gasteiger partial charge in [-0.2, -0.15) is 0 Å². The molecule has 56 valence electrons. The van der Waals surface area contributed by atoms with Gasteiger partial charge in [0.25, 0.3) is 0 Å². The van der Waals surface area contributed by atoms with E-state index in [-0.39, 0.29) is 25.8 Å². The molecule has 0 bridgehead atoms. The summed E-state index contributed by atoms with van der Waals surface area (Å²) in [4.78, 5) is 20.0. The van der Waals surface area contributed by atoms with Crippen molar-refractivity contribution in [3.8, 4) is 0 Å². The summed E-state index contributed by atoms with van der Waals surface area (Å²) in [6.07, 6.45) is -1.04. The smallest absolute Gasteiger partial charge is 0.344 e. The molecule has 0 saturated heterocycles. The summed E-state index contributed by atoms with van der Waals surface area (Å²) in [5, 5.41) is 8.15. The van der Waals surface area contributed by atoms with Crippen LogP contribution < -0.4 is 0 Å². The molecule has 1 unspecified atom stereocenters. The first-order valence-electron chi connectivity index (χ1n) is 2.44. The molecule has 0 aliphatic rings. The van der Waals surface area contributed by atoms with Crippen LogP contribution >= 0.6 is 0 Å². The van der Waals surface area contributed by atoms with Gasteiger partial charge in [0.15, 0.2) is 6.10 Å². The van der Waals surface area contributed by atoms with Crippen LogP contribution in [0, 0.1) is 0 Å². The van der Waals surface area contributed by atoms with Gasteiger partial charge in [-0.05, 0) is 6.92 Å². The number of hydrogen-bond donors (Lipinski definition) is 1. The molecule has 0 aromatic heterocycles. The molecule has 0 spiro atoms. The molecular weight excluding hydrogens is 303 g/mol. The zero-order chi connectivity index (χ0) is 7.44. The molecule has 10 heavy (non-hydrogen) atoms. The van der Waals surface area contributed by atoms with E-state index in [2.05, 4.69) is 4.74 Å². The van der Waals surface area contributed by atoms with E-state index in [0.29, 0.717) is 0 Å². The normalized spacial score (nSPS) is 11.0. The molecule has 0 radical (unpaired) electrons. The van der Waals surface area contributed by atoms with Crippen LogP contribution in [0.5, 0.6) is 0 Å². The number of carboxylic acid groups (broad SMARTS) is 1. The molecule has 5 heteroatoms. The van der Waals surface area contributed by atoms with Gasteiger partial charge in [-0.3, -0.25) is 4.79 Å². The van der Waals surface area contributed by atoms with Crippen molar-refractivity contribution in [1.29, 1.82) is 0 Å². The molecule has 0 amide bonds. The molecular formula is C5H8HfO4. The molecule has 1 atom stereocenters. The van der Waals surface area contributed by atoms with Crippen LogP contribution in [0.15, 0.2) is 0 Å². The summed E-state index contributed by atoms with van der Waals surface area (Å²) >= 11 is 0. The zero-order valence-corrected chi connectivity index (χ0v) is 9.34. The fraction of sp³-hybridized carbons (Fsp3) is 0.600. The van der Waals surface area contributed by atoms with Crippen LogP contribution in [0.4, 0.5) is 0 Å². The Labute approximate surface area is 77.3 Å². The third kappa shape index (κ3) is 5.94. The third-order valence-electron chi connectivity index (χ3n) is 0.691. The van der Waals surface area contributed by atoms with Crippen molar-refractivity contribution in [2.45, 2.75) is 20.0 Å². The van der Waals surface area contributed by atoms with Crippen LogP contribution in [0.2, 0.25) is 0 Å². The van der Waals surface area contributed by atoms with Gasteiger partial charge >= 0.3 is 11.9 Å². The van der Waals surface area contributed by atoms with Crippen LogP contribution in [-0.4, -0.2) is 23.1 Å². The minimum Gasteiger partial charge on any atom is -0.479 e. The van der Waals surface area contributed by atoms with E-state index in [1.807, 2.05) is 0 Å². The fourth-order valence-electron chi connectivity index (χ4n) is 0.299. The Morgan fingerprint density at radius 3 is 2.00 bits per heavy atom. The quantitative estimate of drug-likeness (QED) is 0.577. The minimum atomic E-state index is -1.13. The second kappa shape index (κ2) is 5.58. The van der Waals surface area contributed by atoms with Crippen molar-refractivity contribution in [2.24, 2.45) is 0 Å².